The van der Waals surface area contributed by atoms with Crippen molar-refractivity contribution < 1.29 is 33.6 Å². The number of aryl methyl sites for hydroxylation is 1. The molecule has 0 saturated heterocycles. The maximum absolute atomic E-state index is 13.1. The highest BCUT2D eigenvalue weighted by Crippen LogP contribution is 2.27. The number of hydrogen-bond donors (Lipinski definition) is 5. The first-order valence-corrected chi connectivity index (χ1v) is 15.5. The van der Waals surface area contributed by atoms with Crippen LogP contribution in [0.4, 0.5) is 11.4 Å². The van der Waals surface area contributed by atoms with Crippen molar-refractivity contribution in [2.24, 2.45) is 5.41 Å². The Labute approximate surface area is 270 Å². The first-order chi connectivity index (χ1) is 21.3. The van der Waals surface area contributed by atoms with E-state index in [1.807, 2.05) is 34.6 Å². The van der Waals surface area contributed by atoms with E-state index in [0.717, 1.165) is 23.5 Å². The van der Waals surface area contributed by atoms with Gasteiger partial charge in [-0.05, 0) is 70.7 Å². The largest absolute Gasteiger partial charge is 0.354 e. The zero-order valence-corrected chi connectivity index (χ0v) is 28.1. The summed E-state index contributed by atoms with van der Waals surface area (Å²) in [7, 11) is 0. The molecule has 13 heteroatoms. The van der Waals surface area contributed by atoms with Gasteiger partial charge in [0.1, 0.15) is 6.04 Å². The molecule has 1 unspecified atom stereocenters. The van der Waals surface area contributed by atoms with Gasteiger partial charge in [0.25, 0.3) is 11.8 Å². The summed E-state index contributed by atoms with van der Waals surface area (Å²) in [5.41, 5.74) is -0.0745. The summed E-state index contributed by atoms with van der Waals surface area (Å²) < 4.78 is 0. The van der Waals surface area contributed by atoms with Gasteiger partial charge in [0.15, 0.2) is 0 Å². The maximum Gasteiger partial charge on any atom is 0.258 e. The van der Waals surface area contributed by atoms with Crippen LogP contribution in [0.2, 0.25) is 0 Å². The van der Waals surface area contributed by atoms with Gasteiger partial charge in [-0.2, -0.15) is 0 Å². The first-order valence-electron chi connectivity index (χ1n) is 15.5. The zero-order valence-electron chi connectivity index (χ0n) is 28.1. The van der Waals surface area contributed by atoms with E-state index in [9.17, 15) is 33.6 Å². The summed E-state index contributed by atoms with van der Waals surface area (Å²) in [6.07, 6.45) is 3.32. The first kappa shape index (κ1) is 37.6. The summed E-state index contributed by atoms with van der Waals surface area (Å²) in [6, 6.07) is 3.45. The molecule has 0 aliphatic carbocycles. The lowest BCUT2D eigenvalue weighted by molar-refractivity contribution is -0.134. The highest BCUT2D eigenvalue weighted by Gasteiger charge is 2.29. The third kappa shape index (κ3) is 11.8. The van der Waals surface area contributed by atoms with Crippen molar-refractivity contribution in [3.8, 4) is 0 Å². The average molecular weight is 641 g/mol. The molecule has 1 atom stereocenters. The molecule has 1 aromatic carbocycles. The van der Waals surface area contributed by atoms with Crippen molar-refractivity contribution in [1.29, 1.82) is 0 Å². The summed E-state index contributed by atoms with van der Waals surface area (Å²) >= 11 is 0. The SMILES string of the molecule is CCC(C)(C)NC(=O)CCc1cc(N2C(=O)C=CC2=O)ccc1NC(=O)CNC(=O)C(CCC(=O)NC(C)C)NC(=O)C(C)(C)C. The molecular formula is C33H48N6O7. The Kier molecular flexibility index (Phi) is 13.2. The van der Waals surface area contributed by atoms with Crippen LogP contribution in [0.25, 0.3) is 0 Å². The molecule has 0 aromatic heterocycles. The molecule has 5 N–H and O–H groups in total. The minimum absolute atomic E-state index is 0.0108. The van der Waals surface area contributed by atoms with E-state index >= 15 is 0 Å². The number of carbonyl (C=O) groups is 7. The lowest BCUT2D eigenvalue weighted by atomic mass is 9.94. The number of hydrogen-bond acceptors (Lipinski definition) is 7. The third-order valence-electron chi connectivity index (χ3n) is 7.25. The van der Waals surface area contributed by atoms with E-state index in [-0.39, 0.29) is 55.1 Å². The second-order valence-electron chi connectivity index (χ2n) is 13.3. The lowest BCUT2D eigenvalue weighted by Crippen LogP contribution is -2.51. The summed E-state index contributed by atoms with van der Waals surface area (Å²) in [5, 5.41) is 13.6. The van der Waals surface area contributed by atoms with E-state index < -0.39 is 47.2 Å². The van der Waals surface area contributed by atoms with Gasteiger partial charge >= 0.3 is 0 Å². The molecule has 2 rings (SSSR count). The molecule has 13 nitrogen and oxygen atoms in total. The molecule has 0 radical (unpaired) electrons. The van der Waals surface area contributed by atoms with Gasteiger partial charge in [-0.3, -0.25) is 33.6 Å². The van der Waals surface area contributed by atoms with Crippen molar-refractivity contribution >= 4 is 52.7 Å². The van der Waals surface area contributed by atoms with E-state index in [0.29, 0.717) is 11.3 Å². The van der Waals surface area contributed by atoms with Crippen LogP contribution in [0, 0.1) is 5.41 Å². The minimum Gasteiger partial charge on any atom is -0.354 e. The standard InChI is InChI=1S/C33H48N6O7/c1-9-33(7,8)38-26(41)14-10-21-18-22(39-28(43)16-17-29(39)44)11-12-23(21)36-27(42)19-34-30(45)24(37-31(46)32(4,5)6)13-15-25(40)35-20(2)3/h11-12,16-18,20,24H,9-10,13-15,19H2,1-8H3,(H,34,45)(H,35,40)(H,36,42)(H,37,46)(H,38,41). The minimum atomic E-state index is -1.05. The fourth-order valence-corrected chi connectivity index (χ4v) is 4.28. The van der Waals surface area contributed by atoms with E-state index in [4.69, 9.17) is 0 Å². The molecule has 0 fully saturated rings. The van der Waals surface area contributed by atoms with Crippen LogP contribution in [-0.2, 0) is 40.0 Å². The van der Waals surface area contributed by atoms with Crippen LogP contribution in [0.5, 0.6) is 0 Å². The molecule has 0 saturated carbocycles. The molecule has 46 heavy (non-hydrogen) atoms. The Balaban J connectivity index is 2.18. The molecule has 1 heterocycles. The number of anilines is 2. The van der Waals surface area contributed by atoms with Gasteiger partial charge in [-0.25, -0.2) is 4.90 Å². The summed E-state index contributed by atoms with van der Waals surface area (Å²) in [5.74, 6) is -3.10. The van der Waals surface area contributed by atoms with E-state index in [1.165, 1.54) is 12.1 Å². The molecule has 0 spiro atoms. The van der Waals surface area contributed by atoms with Gasteiger partial charge in [0, 0.05) is 47.7 Å². The number of benzene rings is 1. The normalized spacial score (nSPS) is 13.8. The fraction of sp³-hybridized carbons (Fsp3) is 0.545. The van der Waals surface area contributed by atoms with Crippen molar-refractivity contribution in [3.05, 3.63) is 35.9 Å². The highest BCUT2D eigenvalue weighted by molar-refractivity contribution is 6.28. The molecular weight excluding hydrogens is 592 g/mol. The fourth-order valence-electron chi connectivity index (χ4n) is 4.28. The van der Waals surface area contributed by atoms with Crippen molar-refractivity contribution in [3.63, 3.8) is 0 Å². The molecule has 1 aliphatic heterocycles. The Morgan fingerprint density at radius 3 is 2.04 bits per heavy atom. The molecule has 7 amide bonds. The van der Waals surface area contributed by atoms with Crippen molar-refractivity contribution in [1.82, 2.24) is 21.3 Å². The Bertz CT molecular complexity index is 1360. The molecule has 1 aliphatic rings. The number of carbonyl (C=O) groups excluding carboxylic acids is 7. The molecule has 0 bridgehead atoms. The van der Waals surface area contributed by atoms with Crippen molar-refractivity contribution in [2.75, 3.05) is 16.8 Å². The number of rotatable bonds is 15. The monoisotopic (exact) mass is 640 g/mol. The smallest absolute Gasteiger partial charge is 0.258 e. The van der Waals surface area contributed by atoms with Gasteiger partial charge in [-0.1, -0.05) is 27.7 Å². The topological polar surface area (TPSA) is 183 Å². The highest BCUT2D eigenvalue weighted by atomic mass is 16.2. The van der Waals surface area contributed by atoms with Gasteiger partial charge in [0.05, 0.1) is 12.2 Å². The Hall–Kier alpha value is -4.55. The molecule has 252 valence electrons. The van der Waals surface area contributed by atoms with Crippen LogP contribution in [0.1, 0.15) is 86.6 Å². The number of nitrogens with one attached hydrogen (secondary N) is 5. The summed E-state index contributed by atoms with van der Waals surface area (Å²) in [4.78, 5) is 89.1. The van der Waals surface area contributed by atoms with E-state index in [2.05, 4.69) is 26.6 Å². The number of nitrogens with zero attached hydrogens (tertiary/aromatic N) is 1. The van der Waals surface area contributed by atoms with Crippen LogP contribution >= 0.6 is 0 Å². The Morgan fingerprint density at radius 2 is 1.48 bits per heavy atom. The van der Waals surface area contributed by atoms with Gasteiger partial charge in [0.2, 0.25) is 29.5 Å². The number of imide groups is 1. The predicted molar refractivity (Wildman–Crippen MR) is 174 cm³/mol. The number of amides is 7. The lowest BCUT2D eigenvalue weighted by Gasteiger charge is -2.25. The maximum atomic E-state index is 13.1. The second-order valence-corrected chi connectivity index (χ2v) is 13.3. The molecule has 1 aromatic rings. The van der Waals surface area contributed by atoms with Crippen LogP contribution in [0.3, 0.4) is 0 Å². The van der Waals surface area contributed by atoms with E-state index in [1.54, 1.807) is 26.8 Å². The van der Waals surface area contributed by atoms with Gasteiger partial charge < -0.3 is 26.6 Å². The predicted octanol–water partition coefficient (Wildman–Crippen LogP) is 2.24. The van der Waals surface area contributed by atoms with Crippen LogP contribution < -0.4 is 31.5 Å². The van der Waals surface area contributed by atoms with Crippen LogP contribution in [-0.4, -0.2) is 65.5 Å². The van der Waals surface area contributed by atoms with Crippen molar-refractivity contribution in [2.45, 2.75) is 105 Å². The van der Waals surface area contributed by atoms with Gasteiger partial charge in [-0.15, -0.1) is 0 Å². The second kappa shape index (κ2) is 16.1. The van der Waals surface area contributed by atoms with Crippen LogP contribution in [0.15, 0.2) is 30.4 Å². The zero-order chi connectivity index (χ0) is 34.8. The average Bonchev–Trinajstić information content (AvgIpc) is 3.29. The summed E-state index contributed by atoms with van der Waals surface area (Å²) in [6.45, 7) is 14.0. The quantitative estimate of drug-likeness (QED) is 0.182. The third-order valence-corrected chi connectivity index (χ3v) is 7.25. The Morgan fingerprint density at radius 1 is 0.848 bits per heavy atom.